The fourth-order valence-electron chi connectivity index (χ4n) is 0.602. The van der Waals surface area contributed by atoms with Crippen LogP contribution >= 0.6 is 0 Å². The Morgan fingerprint density at radius 3 is 3.00 bits per heavy atom. The van der Waals surface area contributed by atoms with Crippen molar-refractivity contribution in [3.8, 4) is 0 Å². The second kappa shape index (κ2) is 3.26. The maximum Gasteiger partial charge on any atom is 0.138 e. The molecule has 1 rings (SSSR count). The van der Waals surface area contributed by atoms with Crippen molar-refractivity contribution in [1.82, 2.24) is 20.2 Å². The molecular weight excluding hydrogens is 132 g/mol. The summed E-state index contributed by atoms with van der Waals surface area (Å²) in [5, 5.41) is 19.4. The lowest BCUT2D eigenvalue weighted by Crippen LogP contribution is -2.07. The summed E-state index contributed by atoms with van der Waals surface area (Å²) in [6.07, 6.45) is 1.93. The predicted molar refractivity (Wildman–Crippen MR) is 34.1 cm³/mol. The van der Waals surface area contributed by atoms with Gasteiger partial charge in [0.2, 0.25) is 0 Å². The molecule has 1 aromatic rings. The van der Waals surface area contributed by atoms with Crippen LogP contribution in [-0.4, -0.2) is 31.4 Å². The molecule has 1 heterocycles. The van der Waals surface area contributed by atoms with Crippen LogP contribution in [0.1, 0.15) is 13.3 Å². The number of aliphatic hydroxyl groups is 1. The molecule has 0 amide bonds. The Morgan fingerprint density at radius 2 is 2.50 bits per heavy atom. The van der Waals surface area contributed by atoms with Crippen molar-refractivity contribution in [3.63, 3.8) is 0 Å². The van der Waals surface area contributed by atoms with Gasteiger partial charge in [-0.1, -0.05) is 0 Å². The summed E-state index contributed by atoms with van der Waals surface area (Å²) < 4.78 is 1.59. The molecule has 1 aromatic heterocycles. The normalized spacial score (nSPS) is 13.4. The van der Waals surface area contributed by atoms with Gasteiger partial charge in [0.15, 0.2) is 0 Å². The van der Waals surface area contributed by atoms with Crippen molar-refractivity contribution in [2.75, 3.05) is 0 Å². The highest BCUT2D eigenvalue weighted by Crippen LogP contribution is 1.91. The minimum atomic E-state index is -0.288. The minimum Gasteiger partial charge on any atom is -0.393 e. The quantitative estimate of drug-likeness (QED) is 0.614. The Kier molecular flexibility index (Phi) is 2.33. The number of tetrazole rings is 1. The maximum atomic E-state index is 8.87. The second-order valence-corrected chi connectivity index (χ2v) is 2.21. The van der Waals surface area contributed by atoms with Crippen LogP contribution in [0, 0.1) is 0 Å². The molecule has 0 saturated carbocycles. The molecule has 0 fully saturated rings. The van der Waals surface area contributed by atoms with E-state index in [4.69, 9.17) is 5.11 Å². The molecule has 5 nitrogen and oxygen atoms in total. The lowest BCUT2D eigenvalue weighted by Gasteiger charge is -2.00. The first-order valence-electron chi connectivity index (χ1n) is 3.18. The first-order chi connectivity index (χ1) is 4.79. The van der Waals surface area contributed by atoms with E-state index in [9.17, 15) is 0 Å². The van der Waals surface area contributed by atoms with E-state index in [0.717, 1.165) is 0 Å². The fraction of sp³-hybridized carbons (Fsp3) is 0.800. The highest BCUT2D eigenvalue weighted by molar-refractivity contribution is 4.50. The Hall–Kier alpha value is -0.970. The van der Waals surface area contributed by atoms with Gasteiger partial charge in [0.1, 0.15) is 6.33 Å². The number of aromatic nitrogens is 4. The van der Waals surface area contributed by atoms with Gasteiger partial charge in [0.05, 0.1) is 6.10 Å². The van der Waals surface area contributed by atoms with Gasteiger partial charge in [-0.3, -0.25) is 0 Å². The molecule has 0 bridgehead atoms. The van der Waals surface area contributed by atoms with Gasteiger partial charge in [-0.25, -0.2) is 4.68 Å². The van der Waals surface area contributed by atoms with Crippen LogP contribution in [0.15, 0.2) is 6.33 Å². The Morgan fingerprint density at radius 1 is 1.70 bits per heavy atom. The zero-order valence-corrected chi connectivity index (χ0v) is 5.80. The molecule has 56 valence electrons. The van der Waals surface area contributed by atoms with Crippen LogP contribution in [-0.2, 0) is 6.54 Å². The molecule has 1 N–H and O–H groups in total. The smallest absolute Gasteiger partial charge is 0.138 e. The van der Waals surface area contributed by atoms with Crippen LogP contribution in [0.5, 0.6) is 0 Å². The highest BCUT2D eigenvalue weighted by Gasteiger charge is 1.96. The maximum absolute atomic E-state index is 8.87. The number of aryl methyl sites for hydroxylation is 1. The Bertz CT molecular complexity index is 172. The summed E-state index contributed by atoms with van der Waals surface area (Å²) in [5.74, 6) is 0. The molecule has 0 aliphatic heterocycles. The number of nitrogens with zero attached hydrogens (tertiary/aromatic N) is 4. The lowest BCUT2D eigenvalue weighted by molar-refractivity contribution is 0.176. The van der Waals surface area contributed by atoms with Gasteiger partial charge in [0.25, 0.3) is 0 Å². The number of hydrogen-bond acceptors (Lipinski definition) is 4. The highest BCUT2D eigenvalue weighted by atomic mass is 16.3. The predicted octanol–water partition coefficient (Wildman–Crippen LogP) is -0.556. The topological polar surface area (TPSA) is 63.8 Å². The van der Waals surface area contributed by atoms with Crippen molar-refractivity contribution < 1.29 is 5.11 Å². The van der Waals surface area contributed by atoms with Crippen LogP contribution in [0.4, 0.5) is 0 Å². The van der Waals surface area contributed by atoms with Crippen LogP contribution in [0.25, 0.3) is 0 Å². The molecule has 5 heteroatoms. The number of hydrogen-bond donors (Lipinski definition) is 1. The molecular formula is C5H10N4O. The number of rotatable bonds is 3. The van der Waals surface area contributed by atoms with Crippen LogP contribution in [0.2, 0.25) is 0 Å². The Balaban J connectivity index is 2.28. The van der Waals surface area contributed by atoms with E-state index >= 15 is 0 Å². The van der Waals surface area contributed by atoms with Gasteiger partial charge in [-0.2, -0.15) is 0 Å². The van der Waals surface area contributed by atoms with Crippen molar-refractivity contribution in [2.45, 2.75) is 26.0 Å². The summed E-state index contributed by atoms with van der Waals surface area (Å²) in [7, 11) is 0. The van der Waals surface area contributed by atoms with Gasteiger partial charge in [-0.15, -0.1) is 5.10 Å². The minimum absolute atomic E-state index is 0.288. The molecule has 10 heavy (non-hydrogen) atoms. The molecule has 0 saturated heterocycles. The monoisotopic (exact) mass is 142 g/mol. The van der Waals surface area contributed by atoms with Crippen molar-refractivity contribution in [2.24, 2.45) is 0 Å². The van der Waals surface area contributed by atoms with Crippen molar-refractivity contribution >= 4 is 0 Å². The lowest BCUT2D eigenvalue weighted by atomic mass is 10.3. The molecule has 0 aliphatic carbocycles. The average Bonchev–Trinajstić information content (AvgIpc) is 2.34. The van der Waals surface area contributed by atoms with Crippen LogP contribution < -0.4 is 0 Å². The number of aliphatic hydroxyl groups excluding tert-OH is 1. The third kappa shape index (κ3) is 2.10. The van der Waals surface area contributed by atoms with E-state index in [1.165, 1.54) is 6.33 Å². The van der Waals surface area contributed by atoms with Crippen LogP contribution in [0.3, 0.4) is 0 Å². The molecule has 0 spiro atoms. The van der Waals surface area contributed by atoms with E-state index in [2.05, 4.69) is 15.5 Å². The molecule has 1 atom stereocenters. The third-order valence-corrected chi connectivity index (χ3v) is 1.17. The summed E-state index contributed by atoms with van der Waals surface area (Å²) in [4.78, 5) is 0. The fourth-order valence-corrected chi connectivity index (χ4v) is 0.602. The van der Waals surface area contributed by atoms with Crippen molar-refractivity contribution in [1.29, 1.82) is 0 Å². The van der Waals surface area contributed by atoms with Crippen molar-refractivity contribution in [3.05, 3.63) is 6.33 Å². The standard InChI is InChI=1S/C5H10N4O/c1-5(10)2-3-9-4-6-7-8-9/h4-5,10H,2-3H2,1H3/t5-/m0/s1. The first kappa shape index (κ1) is 7.14. The molecule has 0 aromatic carbocycles. The molecule has 0 unspecified atom stereocenters. The summed E-state index contributed by atoms with van der Waals surface area (Å²) in [6.45, 7) is 2.41. The summed E-state index contributed by atoms with van der Waals surface area (Å²) in [6, 6.07) is 0. The second-order valence-electron chi connectivity index (χ2n) is 2.21. The van der Waals surface area contributed by atoms with Gasteiger partial charge >= 0.3 is 0 Å². The first-order valence-corrected chi connectivity index (χ1v) is 3.18. The van der Waals surface area contributed by atoms with E-state index in [-0.39, 0.29) is 6.10 Å². The molecule has 0 radical (unpaired) electrons. The largest absolute Gasteiger partial charge is 0.393 e. The average molecular weight is 142 g/mol. The SMILES string of the molecule is C[C@H](O)CCn1cnnn1. The van der Waals surface area contributed by atoms with Gasteiger partial charge in [-0.05, 0) is 23.8 Å². The third-order valence-electron chi connectivity index (χ3n) is 1.17. The van der Waals surface area contributed by atoms with E-state index in [1.807, 2.05) is 0 Å². The summed E-state index contributed by atoms with van der Waals surface area (Å²) in [5.41, 5.74) is 0. The van der Waals surface area contributed by atoms with E-state index in [0.29, 0.717) is 13.0 Å². The van der Waals surface area contributed by atoms with Gasteiger partial charge < -0.3 is 5.11 Å². The van der Waals surface area contributed by atoms with E-state index < -0.39 is 0 Å². The summed E-state index contributed by atoms with van der Waals surface area (Å²) >= 11 is 0. The Labute approximate surface area is 58.7 Å². The van der Waals surface area contributed by atoms with E-state index in [1.54, 1.807) is 11.6 Å². The van der Waals surface area contributed by atoms with Gasteiger partial charge in [0, 0.05) is 6.54 Å². The zero-order chi connectivity index (χ0) is 7.40. The molecule has 0 aliphatic rings. The zero-order valence-electron chi connectivity index (χ0n) is 5.80.